The number of nitriles is 1. The van der Waals surface area contributed by atoms with Crippen LogP contribution in [-0.4, -0.2) is 25.7 Å². The van der Waals surface area contributed by atoms with Crippen LogP contribution in [-0.2, 0) is 9.53 Å². The van der Waals surface area contributed by atoms with Crippen LogP contribution in [0.3, 0.4) is 0 Å². The van der Waals surface area contributed by atoms with E-state index in [1.165, 1.54) is 0 Å². The van der Waals surface area contributed by atoms with Crippen LogP contribution in [0.25, 0.3) is 0 Å². The van der Waals surface area contributed by atoms with Crippen molar-refractivity contribution in [2.24, 2.45) is 5.41 Å². The fourth-order valence-electron chi connectivity index (χ4n) is 2.12. The monoisotopic (exact) mass is 268 g/mol. The molecule has 0 aliphatic carbocycles. The van der Waals surface area contributed by atoms with Crippen molar-refractivity contribution in [1.29, 1.82) is 5.26 Å². The van der Waals surface area contributed by atoms with E-state index in [1.807, 2.05) is 13.8 Å². The SMILES string of the molecule is CCCCOCCNC(=O)C(C#N)(CCC)CCC. The van der Waals surface area contributed by atoms with Gasteiger partial charge in [0, 0.05) is 13.2 Å². The first-order valence-corrected chi connectivity index (χ1v) is 7.44. The van der Waals surface area contributed by atoms with Gasteiger partial charge in [0.25, 0.3) is 0 Å². The number of ether oxygens (including phenoxy) is 1. The van der Waals surface area contributed by atoms with Crippen molar-refractivity contribution in [2.75, 3.05) is 19.8 Å². The van der Waals surface area contributed by atoms with Gasteiger partial charge in [-0.25, -0.2) is 0 Å². The topological polar surface area (TPSA) is 62.1 Å². The van der Waals surface area contributed by atoms with E-state index in [2.05, 4.69) is 18.3 Å². The van der Waals surface area contributed by atoms with Crippen LogP contribution in [0, 0.1) is 16.7 Å². The summed E-state index contributed by atoms with van der Waals surface area (Å²) in [6.07, 6.45) is 5.08. The molecule has 4 nitrogen and oxygen atoms in total. The number of hydrogen-bond donors (Lipinski definition) is 1. The molecule has 0 heterocycles. The van der Waals surface area contributed by atoms with E-state index in [0.717, 1.165) is 32.3 Å². The van der Waals surface area contributed by atoms with Crippen LogP contribution < -0.4 is 5.32 Å². The molecule has 4 heteroatoms. The number of hydrogen-bond acceptors (Lipinski definition) is 3. The Bertz CT molecular complexity index is 278. The normalized spacial score (nSPS) is 11.1. The first-order valence-electron chi connectivity index (χ1n) is 7.44. The van der Waals surface area contributed by atoms with E-state index in [1.54, 1.807) is 0 Å². The van der Waals surface area contributed by atoms with E-state index in [0.29, 0.717) is 26.0 Å². The highest BCUT2D eigenvalue weighted by atomic mass is 16.5. The van der Waals surface area contributed by atoms with Gasteiger partial charge in [0.2, 0.25) is 5.91 Å². The molecule has 0 spiro atoms. The van der Waals surface area contributed by atoms with Gasteiger partial charge in [-0.2, -0.15) is 5.26 Å². The van der Waals surface area contributed by atoms with Crippen LogP contribution in [0.2, 0.25) is 0 Å². The molecular weight excluding hydrogens is 240 g/mol. The maximum Gasteiger partial charge on any atom is 0.240 e. The molecule has 0 bridgehead atoms. The molecule has 1 N–H and O–H groups in total. The lowest BCUT2D eigenvalue weighted by atomic mass is 9.80. The van der Waals surface area contributed by atoms with Crippen molar-refractivity contribution in [2.45, 2.75) is 59.3 Å². The number of rotatable bonds is 11. The van der Waals surface area contributed by atoms with Crippen molar-refractivity contribution in [1.82, 2.24) is 5.32 Å². The standard InChI is InChI=1S/C15H28N2O2/c1-4-7-11-19-12-10-17-14(18)15(13-16,8-5-2)9-6-3/h4-12H2,1-3H3,(H,17,18). The molecule has 0 atom stereocenters. The quantitative estimate of drug-likeness (QED) is 0.586. The summed E-state index contributed by atoms with van der Waals surface area (Å²) < 4.78 is 5.39. The molecule has 0 aromatic heterocycles. The molecule has 0 aromatic carbocycles. The van der Waals surface area contributed by atoms with Crippen LogP contribution in [0.15, 0.2) is 0 Å². The minimum absolute atomic E-state index is 0.141. The number of carbonyl (C=O) groups excluding carboxylic acids is 1. The summed E-state index contributed by atoms with van der Waals surface area (Å²) in [4.78, 5) is 12.2. The lowest BCUT2D eigenvalue weighted by Gasteiger charge is -2.24. The third-order valence-corrected chi connectivity index (χ3v) is 3.18. The molecule has 0 aromatic rings. The highest BCUT2D eigenvalue weighted by molar-refractivity contribution is 5.85. The van der Waals surface area contributed by atoms with Gasteiger partial charge in [-0.15, -0.1) is 0 Å². The Morgan fingerprint density at radius 3 is 2.26 bits per heavy atom. The number of nitrogens with one attached hydrogen (secondary N) is 1. The maximum absolute atomic E-state index is 12.2. The Morgan fingerprint density at radius 2 is 1.79 bits per heavy atom. The summed E-state index contributed by atoms with van der Waals surface area (Å²) in [5, 5.41) is 12.2. The molecule has 0 saturated carbocycles. The predicted molar refractivity (Wildman–Crippen MR) is 76.6 cm³/mol. The van der Waals surface area contributed by atoms with Gasteiger partial charge >= 0.3 is 0 Å². The summed E-state index contributed by atoms with van der Waals surface area (Å²) >= 11 is 0. The zero-order chi connectivity index (χ0) is 14.6. The zero-order valence-corrected chi connectivity index (χ0v) is 12.6. The lowest BCUT2D eigenvalue weighted by Crippen LogP contribution is -2.41. The molecule has 0 aliphatic rings. The van der Waals surface area contributed by atoms with E-state index >= 15 is 0 Å². The molecule has 0 saturated heterocycles. The Kier molecular flexibility index (Phi) is 10.2. The maximum atomic E-state index is 12.2. The van der Waals surface area contributed by atoms with Crippen molar-refractivity contribution in [3.05, 3.63) is 0 Å². The summed E-state index contributed by atoms with van der Waals surface area (Å²) in [6.45, 7) is 7.86. The van der Waals surface area contributed by atoms with Gasteiger partial charge in [0.15, 0.2) is 0 Å². The van der Waals surface area contributed by atoms with Gasteiger partial charge in [-0.1, -0.05) is 40.0 Å². The molecule has 0 aliphatic heterocycles. The zero-order valence-electron chi connectivity index (χ0n) is 12.6. The van der Waals surface area contributed by atoms with E-state index < -0.39 is 5.41 Å². The number of carbonyl (C=O) groups is 1. The Balaban J connectivity index is 4.15. The molecule has 0 rings (SSSR count). The average Bonchev–Trinajstić information content (AvgIpc) is 2.42. The summed E-state index contributed by atoms with van der Waals surface area (Å²) in [5.74, 6) is -0.141. The second-order valence-corrected chi connectivity index (χ2v) is 4.92. The van der Waals surface area contributed by atoms with Gasteiger partial charge in [0.1, 0.15) is 5.41 Å². The van der Waals surface area contributed by atoms with Crippen molar-refractivity contribution < 1.29 is 9.53 Å². The third-order valence-electron chi connectivity index (χ3n) is 3.18. The van der Waals surface area contributed by atoms with Crippen LogP contribution in [0.1, 0.15) is 59.3 Å². The largest absolute Gasteiger partial charge is 0.380 e. The first-order chi connectivity index (χ1) is 9.16. The second kappa shape index (κ2) is 10.8. The first kappa shape index (κ1) is 17.9. The Morgan fingerprint density at radius 1 is 1.16 bits per heavy atom. The van der Waals surface area contributed by atoms with Gasteiger partial charge in [-0.3, -0.25) is 4.79 Å². The third kappa shape index (κ3) is 6.58. The highest BCUT2D eigenvalue weighted by Crippen LogP contribution is 2.29. The van der Waals surface area contributed by atoms with Crippen LogP contribution >= 0.6 is 0 Å². The van der Waals surface area contributed by atoms with E-state index in [9.17, 15) is 10.1 Å². The lowest BCUT2D eigenvalue weighted by molar-refractivity contribution is -0.129. The van der Waals surface area contributed by atoms with Crippen LogP contribution in [0.5, 0.6) is 0 Å². The van der Waals surface area contributed by atoms with Crippen molar-refractivity contribution in [3.8, 4) is 6.07 Å². The second-order valence-electron chi connectivity index (χ2n) is 4.92. The van der Waals surface area contributed by atoms with E-state index in [-0.39, 0.29) is 5.91 Å². The Hall–Kier alpha value is -1.08. The molecule has 0 radical (unpaired) electrons. The van der Waals surface area contributed by atoms with E-state index in [4.69, 9.17) is 4.74 Å². The smallest absolute Gasteiger partial charge is 0.240 e. The molecule has 110 valence electrons. The minimum atomic E-state index is -0.854. The number of unbranched alkanes of at least 4 members (excludes halogenated alkanes) is 1. The number of amides is 1. The predicted octanol–water partition coefficient (Wildman–Crippen LogP) is 3.03. The molecule has 1 amide bonds. The van der Waals surface area contributed by atoms with Crippen molar-refractivity contribution >= 4 is 5.91 Å². The fourth-order valence-corrected chi connectivity index (χ4v) is 2.12. The minimum Gasteiger partial charge on any atom is -0.380 e. The summed E-state index contributed by atoms with van der Waals surface area (Å²) in [6, 6.07) is 2.23. The van der Waals surface area contributed by atoms with Gasteiger partial charge in [-0.05, 0) is 19.3 Å². The summed E-state index contributed by atoms with van der Waals surface area (Å²) in [5.41, 5.74) is -0.854. The van der Waals surface area contributed by atoms with Crippen LogP contribution in [0.4, 0.5) is 0 Å². The van der Waals surface area contributed by atoms with Crippen molar-refractivity contribution in [3.63, 3.8) is 0 Å². The highest BCUT2D eigenvalue weighted by Gasteiger charge is 2.36. The number of nitrogens with zero attached hydrogens (tertiary/aromatic N) is 1. The van der Waals surface area contributed by atoms with Gasteiger partial charge in [0.05, 0.1) is 12.7 Å². The average molecular weight is 268 g/mol. The fraction of sp³-hybridized carbons (Fsp3) is 0.867. The Labute approximate surface area is 117 Å². The molecule has 0 unspecified atom stereocenters. The summed E-state index contributed by atoms with van der Waals surface area (Å²) in [7, 11) is 0. The molecule has 0 fully saturated rings. The van der Waals surface area contributed by atoms with Gasteiger partial charge < -0.3 is 10.1 Å². The molecule has 19 heavy (non-hydrogen) atoms. The molecular formula is C15H28N2O2.